The molecule has 3 nitrogen and oxygen atoms in total. The Morgan fingerprint density at radius 1 is 1.58 bits per heavy atom. The van der Waals surface area contributed by atoms with Gasteiger partial charge in [0.05, 0.1) is 0 Å². The minimum atomic E-state index is -0.655. The highest BCUT2D eigenvalue weighted by Gasteiger charge is 2.07. The molecule has 0 aromatic rings. The van der Waals surface area contributed by atoms with Gasteiger partial charge in [-0.2, -0.15) is 5.26 Å². The van der Waals surface area contributed by atoms with E-state index in [0.717, 1.165) is 0 Å². The van der Waals surface area contributed by atoms with Crippen LogP contribution in [0.3, 0.4) is 0 Å². The van der Waals surface area contributed by atoms with Crippen molar-refractivity contribution in [3.05, 3.63) is 37.0 Å². The van der Waals surface area contributed by atoms with Gasteiger partial charge >= 0.3 is 5.97 Å². The van der Waals surface area contributed by atoms with Gasteiger partial charge in [0.1, 0.15) is 18.2 Å². The molecule has 3 heteroatoms. The molecule has 0 rings (SSSR count). The van der Waals surface area contributed by atoms with Crippen molar-refractivity contribution in [2.45, 2.75) is 0 Å². The first kappa shape index (κ1) is 10.2. The molecule has 0 N–H and O–H groups in total. The van der Waals surface area contributed by atoms with Crippen molar-refractivity contribution >= 4 is 5.97 Å². The molecule has 0 amide bonds. The number of nitriles is 1. The second-order valence-corrected chi connectivity index (χ2v) is 1.81. The predicted molar refractivity (Wildman–Crippen MR) is 45.0 cm³/mol. The van der Waals surface area contributed by atoms with Crippen molar-refractivity contribution in [1.82, 2.24) is 0 Å². The molecule has 0 aromatic carbocycles. The van der Waals surface area contributed by atoms with Crippen molar-refractivity contribution in [1.29, 1.82) is 5.26 Å². The van der Waals surface area contributed by atoms with E-state index in [2.05, 4.69) is 17.9 Å². The molecule has 0 atom stereocenters. The number of hydrogen-bond donors (Lipinski definition) is 0. The van der Waals surface area contributed by atoms with Crippen LogP contribution in [0.2, 0.25) is 0 Å². The molecule has 0 aliphatic carbocycles. The van der Waals surface area contributed by atoms with Gasteiger partial charge in [0.25, 0.3) is 0 Å². The van der Waals surface area contributed by atoms with E-state index in [9.17, 15) is 4.79 Å². The highest BCUT2D eigenvalue weighted by Crippen LogP contribution is 1.96. The molecule has 0 fully saturated rings. The third-order valence-electron chi connectivity index (χ3n) is 0.957. The molecule has 0 saturated carbocycles. The Labute approximate surface area is 71.3 Å². The van der Waals surface area contributed by atoms with Gasteiger partial charge in [-0.05, 0) is 6.08 Å². The van der Waals surface area contributed by atoms with E-state index in [4.69, 9.17) is 5.26 Å². The van der Waals surface area contributed by atoms with Crippen LogP contribution in [-0.4, -0.2) is 12.6 Å². The minimum Gasteiger partial charge on any atom is -0.457 e. The summed E-state index contributed by atoms with van der Waals surface area (Å²) < 4.78 is 4.60. The van der Waals surface area contributed by atoms with Gasteiger partial charge in [0, 0.05) is 0 Å². The monoisotopic (exact) mass is 163 g/mol. The van der Waals surface area contributed by atoms with Crippen molar-refractivity contribution < 1.29 is 9.53 Å². The summed E-state index contributed by atoms with van der Waals surface area (Å²) in [6.07, 6.45) is 4.08. The van der Waals surface area contributed by atoms with Crippen LogP contribution in [-0.2, 0) is 9.53 Å². The Morgan fingerprint density at radius 2 is 2.25 bits per heavy atom. The molecule has 0 bridgehead atoms. The first-order valence-electron chi connectivity index (χ1n) is 3.27. The van der Waals surface area contributed by atoms with Crippen molar-refractivity contribution in [2.75, 3.05) is 6.61 Å². The van der Waals surface area contributed by atoms with E-state index in [1.54, 1.807) is 6.07 Å². The van der Waals surface area contributed by atoms with Crippen LogP contribution < -0.4 is 0 Å². The summed E-state index contributed by atoms with van der Waals surface area (Å²) in [4.78, 5) is 10.9. The lowest BCUT2D eigenvalue weighted by Crippen LogP contribution is -2.06. The minimum absolute atomic E-state index is 0.0631. The maximum Gasteiger partial charge on any atom is 0.349 e. The van der Waals surface area contributed by atoms with Crippen LogP contribution in [0, 0.1) is 11.3 Å². The number of rotatable bonds is 4. The Bertz CT molecular complexity index is 258. The molecule has 0 aromatic heterocycles. The van der Waals surface area contributed by atoms with E-state index < -0.39 is 5.97 Å². The van der Waals surface area contributed by atoms with Gasteiger partial charge in [-0.1, -0.05) is 25.3 Å². The smallest absolute Gasteiger partial charge is 0.349 e. The zero-order valence-electron chi connectivity index (χ0n) is 6.62. The van der Waals surface area contributed by atoms with Crippen molar-refractivity contribution in [3.63, 3.8) is 0 Å². The Morgan fingerprint density at radius 3 is 2.67 bits per heavy atom. The van der Waals surface area contributed by atoms with Crippen LogP contribution in [0.5, 0.6) is 0 Å². The molecule has 0 saturated heterocycles. The fourth-order valence-corrected chi connectivity index (χ4v) is 0.481. The van der Waals surface area contributed by atoms with Crippen LogP contribution in [0.25, 0.3) is 0 Å². The second kappa shape index (κ2) is 5.93. The van der Waals surface area contributed by atoms with E-state index >= 15 is 0 Å². The molecule has 0 radical (unpaired) electrons. The maximum absolute atomic E-state index is 10.9. The lowest BCUT2D eigenvalue weighted by atomic mass is 10.3. The largest absolute Gasteiger partial charge is 0.457 e. The van der Waals surface area contributed by atoms with Crippen molar-refractivity contribution in [2.24, 2.45) is 0 Å². The number of carbonyl (C=O) groups is 1. The highest BCUT2D eigenvalue weighted by molar-refractivity contribution is 5.93. The number of nitrogens with zero attached hydrogens (tertiary/aromatic N) is 1. The second-order valence-electron chi connectivity index (χ2n) is 1.81. The van der Waals surface area contributed by atoms with E-state index in [1.807, 2.05) is 0 Å². The number of allylic oxidation sites excluding steroid dienone is 2. The SMILES string of the molecule is C=CC=C(C#N)C(=O)OCC=C. The predicted octanol–water partition coefficient (Wildman–Crippen LogP) is 1.35. The third-order valence-corrected chi connectivity index (χ3v) is 0.957. The summed E-state index contributed by atoms with van der Waals surface area (Å²) in [6.45, 7) is 6.83. The zero-order chi connectivity index (χ0) is 9.40. The van der Waals surface area contributed by atoms with Gasteiger partial charge in [-0.15, -0.1) is 0 Å². The van der Waals surface area contributed by atoms with Gasteiger partial charge < -0.3 is 4.74 Å². The van der Waals surface area contributed by atoms with E-state index in [0.29, 0.717) is 0 Å². The normalized spacial score (nSPS) is 9.75. The molecule has 0 aliphatic rings. The summed E-state index contributed by atoms with van der Waals surface area (Å²) in [5, 5.41) is 8.43. The first-order chi connectivity index (χ1) is 5.76. The summed E-state index contributed by atoms with van der Waals surface area (Å²) in [5.41, 5.74) is -0.0631. The fourth-order valence-electron chi connectivity index (χ4n) is 0.481. The Balaban J connectivity index is 4.25. The molecular formula is C9H9NO2. The summed E-state index contributed by atoms with van der Waals surface area (Å²) >= 11 is 0. The summed E-state index contributed by atoms with van der Waals surface area (Å²) in [6, 6.07) is 1.69. The molecule has 0 heterocycles. The first-order valence-corrected chi connectivity index (χ1v) is 3.27. The highest BCUT2D eigenvalue weighted by atomic mass is 16.5. The van der Waals surface area contributed by atoms with Crippen LogP contribution >= 0.6 is 0 Å². The zero-order valence-corrected chi connectivity index (χ0v) is 6.62. The van der Waals surface area contributed by atoms with Gasteiger partial charge in [-0.3, -0.25) is 0 Å². The molecule has 0 aliphatic heterocycles. The number of hydrogen-bond acceptors (Lipinski definition) is 3. The summed E-state index contributed by atoms with van der Waals surface area (Å²) in [7, 11) is 0. The number of ether oxygens (including phenoxy) is 1. The van der Waals surface area contributed by atoms with Gasteiger partial charge in [-0.25, -0.2) is 4.79 Å². The van der Waals surface area contributed by atoms with Crippen molar-refractivity contribution in [3.8, 4) is 6.07 Å². The average Bonchev–Trinajstić information content (AvgIpc) is 2.10. The maximum atomic E-state index is 10.9. The molecular weight excluding hydrogens is 154 g/mol. The standard InChI is InChI=1S/C9H9NO2/c1-3-5-8(7-10)9(11)12-6-4-2/h3-5H,1-2,6H2. The Hall–Kier alpha value is -1.82. The molecule has 62 valence electrons. The molecule has 0 spiro atoms. The topological polar surface area (TPSA) is 50.1 Å². The van der Waals surface area contributed by atoms with E-state index in [-0.39, 0.29) is 12.2 Å². The lowest BCUT2D eigenvalue weighted by Gasteiger charge is -1.97. The molecule has 0 unspecified atom stereocenters. The lowest BCUT2D eigenvalue weighted by molar-refractivity contribution is -0.137. The number of carbonyl (C=O) groups excluding carboxylic acids is 1. The average molecular weight is 163 g/mol. The van der Waals surface area contributed by atoms with Crippen LogP contribution in [0.15, 0.2) is 37.0 Å². The van der Waals surface area contributed by atoms with E-state index in [1.165, 1.54) is 18.2 Å². The van der Waals surface area contributed by atoms with Gasteiger partial charge in [0.2, 0.25) is 0 Å². The Kier molecular flexibility index (Phi) is 5.03. The van der Waals surface area contributed by atoms with Crippen LogP contribution in [0.1, 0.15) is 0 Å². The van der Waals surface area contributed by atoms with Gasteiger partial charge in [0.15, 0.2) is 0 Å². The third kappa shape index (κ3) is 3.37. The van der Waals surface area contributed by atoms with Crippen LogP contribution in [0.4, 0.5) is 0 Å². The molecule has 12 heavy (non-hydrogen) atoms. The fraction of sp³-hybridized carbons (Fsp3) is 0.111. The quantitative estimate of drug-likeness (QED) is 0.207. The number of esters is 1. The summed E-state index contributed by atoms with van der Waals surface area (Å²) in [5.74, 6) is -0.655.